The second-order valence-electron chi connectivity index (χ2n) is 3.49. The molecule has 1 rings (SSSR count). The van der Waals surface area contributed by atoms with Gasteiger partial charge in [0.05, 0.1) is 28.0 Å². The molecule has 92 valence electrons. The van der Waals surface area contributed by atoms with Crippen LogP contribution in [0.1, 0.15) is 6.92 Å². The Morgan fingerprint density at radius 1 is 1.65 bits per heavy atom. The highest BCUT2D eigenvalue weighted by Crippen LogP contribution is 2.29. The molecule has 7 heteroatoms. The molecule has 0 aliphatic rings. The number of amides is 1. The summed E-state index contributed by atoms with van der Waals surface area (Å²) in [5.74, 6) is -0.625. The van der Waals surface area contributed by atoms with Crippen molar-refractivity contribution in [3.05, 3.63) is 32.8 Å². The molecule has 0 fully saturated rings. The van der Waals surface area contributed by atoms with Crippen LogP contribution >= 0.6 is 15.9 Å². The number of halogens is 1. The summed E-state index contributed by atoms with van der Waals surface area (Å²) < 4.78 is 5.88. The summed E-state index contributed by atoms with van der Waals surface area (Å²) in [7, 11) is 0. The maximum absolute atomic E-state index is 10.8. The van der Waals surface area contributed by atoms with Gasteiger partial charge in [-0.25, -0.2) is 0 Å². The molecule has 1 amide bonds. The number of carbonyl (C=O) groups is 1. The van der Waals surface area contributed by atoms with E-state index in [2.05, 4.69) is 15.9 Å². The number of nitrogens with zero attached hydrogens (tertiary/aromatic N) is 1. The van der Waals surface area contributed by atoms with Gasteiger partial charge in [0.1, 0.15) is 5.75 Å². The Hall–Kier alpha value is -1.63. The molecule has 0 saturated carbocycles. The lowest BCUT2D eigenvalue weighted by Gasteiger charge is -2.11. The Bertz CT molecular complexity index is 450. The number of nitro groups is 1. The topological polar surface area (TPSA) is 95.5 Å². The van der Waals surface area contributed by atoms with E-state index in [-0.39, 0.29) is 12.3 Å². The SMILES string of the molecule is CC(COc1cc([N+](=O)[O-])ccc1Br)C(N)=O. The molecule has 0 radical (unpaired) electrons. The summed E-state index contributed by atoms with van der Waals surface area (Å²) >= 11 is 3.20. The monoisotopic (exact) mass is 302 g/mol. The van der Waals surface area contributed by atoms with E-state index in [4.69, 9.17) is 10.5 Å². The zero-order valence-corrected chi connectivity index (χ0v) is 10.6. The van der Waals surface area contributed by atoms with Crippen LogP contribution in [0.2, 0.25) is 0 Å². The van der Waals surface area contributed by atoms with Crippen LogP contribution in [-0.4, -0.2) is 17.4 Å². The summed E-state index contributed by atoms with van der Waals surface area (Å²) in [5, 5.41) is 10.6. The van der Waals surface area contributed by atoms with E-state index in [0.29, 0.717) is 10.2 Å². The van der Waals surface area contributed by atoms with E-state index in [1.54, 1.807) is 6.92 Å². The van der Waals surface area contributed by atoms with Gasteiger partial charge in [-0.15, -0.1) is 0 Å². The van der Waals surface area contributed by atoms with Crippen molar-refractivity contribution in [3.8, 4) is 5.75 Å². The third kappa shape index (κ3) is 3.70. The first-order valence-corrected chi connectivity index (χ1v) is 5.57. The molecule has 0 aliphatic carbocycles. The summed E-state index contributed by atoms with van der Waals surface area (Å²) in [6.45, 7) is 1.70. The van der Waals surface area contributed by atoms with Crippen molar-refractivity contribution >= 4 is 27.5 Å². The van der Waals surface area contributed by atoms with Crippen molar-refractivity contribution in [3.63, 3.8) is 0 Å². The highest BCUT2D eigenvalue weighted by Gasteiger charge is 2.13. The second kappa shape index (κ2) is 5.62. The molecular formula is C10H11BrN2O4. The van der Waals surface area contributed by atoms with Crippen LogP contribution in [0.15, 0.2) is 22.7 Å². The fourth-order valence-corrected chi connectivity index (χ4v) is 1.37. The van der Waals surface area contributed by atoms with Gasteiger partial charge in [-0.05, 0) is 22.0 Å². The standard InChI is InChI=1S/C10H11BrN2O4/c1-6(10(12)14)5-17-9-4-7(13(15)16)2-3-8(9)11/h2-4,6H,5H2,1H3,(H2,12,14). The third-order valence-electron chi connectivity index (χ3n) is 2.10. The van der Waals surface area contributed by atoms with Crippen molar-refractivity contribution in [2.75, 3.05) is 6.61 Å². The molecule has 0 aromatic heterocycles. The molecule has 1 atom stereocenters. The molecule has 1 aromatic carbocycles. The fourth-order valence-electron chi connectivity index (χ4n) is 1.01. The number of primary amides is 1. The smallest absolute Gasteiger partial charge is 0.273 e. The van der Waals surface area contributed by atoms with Gasteiger partial charge in [0.2, 0.25) is 5.91 Å². The van der Waals surface area contributed by atoms with Crippen LogP contribution in [0.3, 0.4) is 0 Å². The number of carbonyl (C=O) groups excluding carboxylic acids is 1. The van der Waals surface area contributed by atoms with Gasteiger partial charge >= 0.3 is 0 Å². The molecular weight excluding hydrogens is 292 g/mol. The normalized spacial score (nSPS) is 11.9. The number of non-ortho nitro benzene ring substituents is 1. The number of hydrogen-bond acceptors (Lipinski definition) is 4. The van der Waals surface area contributed by atoms with Crippen LogP contribution in [0, 0.1) is 16.0 Å². The summed E-state index contributed by atoms with van der Waals surface area (Å²) in [5.41, 5.74) is 5.00. The summed E-state index contributed by atoms with van der Waals surface area (Å²) in [4.78, 5) is 20.9. The van der Waals surface area contributed by atoms with Crippen molar-refractivity contribution in [2.24, 2.45) is 11.7 Å². The number of ether oxygens (including phenoxy) is 1. The van der Waals surface area contributed by atoms with Crippen LogP contribution in [0.25, 0.3) is 0 Å². The Kier molecular flexibility index (Phi) is 4.45. The van der Waals surface area contributed by atoms with Gasteiger partial charge in [0.15, 0.2) is 0 Å². The predicted molar refractivity (Wildman–Crippen MR) is 64.6 cm³/mol. The minimum atomic E-state index is -0.517. The molecule has 1 unspecified atom stereocenters. The Morgan fingerprint density at radius 2 is 2.29 bits per heavy atom. The molecule has 17 heavy (non-hydrogen) atoms. The quantitative estimate of drug-likeness (QED) is 0.663. The summed E-state index contributed by atoms with van der Waals surface area (Å²) in [6.07, 6.45) is 0. The van der Waals surface area contributed by atoms with Crippen LogP contribution < -0.4 is 10.5 Å². The third-order valence-corrected chi connectivity index (χ3v) is 2.76. The lowest BCUT2D eigenvalue weighted by molar-refractivity contribution is -0.385. The van der Waals surface area contributed by atoms with E-state index in [0.717, 1.165) is 0 Å². The van der Waals surface area contributed by atoms with Crippen molar-refractivity contribution in [1.82, 2.24) is 0 Å². The Morgan fingerprint density at radius 3 is 2.82 bits per heavy atom. The molecule has 0 saturated heterocycles. The zero-order chi connectivity index (χ0) is 13.0. The van der Waals surface area contributed by atoms with Crippen LogP contribution in [0.5, 0.6) is 5.75 Å². The van der Waals surface area contributed by atoms with Gasteiger partial charge in [0, 0.05) is 6.07 Å². The van der Waals surface area contributed by atoms with Gasteiger partial charge in [-0.1, -0.05) is 6.92 Å². The van der Waals surface area contributed by atoms with Crippen molar-refractivity contribution < 1.29 is 14.5 Å². The number of hydrogen-bond donors (Lipinski definition) is 1. The average Bonchev–Trinajstić information content (AvgIpc) is 2.26. The van der Waals surface area contributed by atoms with E-state index in [1.807, 2.05) is 0 Å². The number of nitrogens with two attached hydrogens (primary N) is 1. The Labute approximate surface area is 106 Å². The second-order valence-corrected chi connectivity index (χ2v) is 4.34. The average molecular weight is 303 g/mol. The molecule has 0 spiro atoms. The van der Waals surface area contributed by atoms with E-state index < -0.39 is 16.7 Å². The molecule has 2 N–H and O–H groups in total. The lowest BCUT2D eigenvalue weighted by atomic mass is 10.2. The van der Waals surface area contributed by atoms with Crippen molar-refractivity contribution in [2.45, 2.75) is 6.92 Å². The fraction of sp³-hybridized carbons (Fsp3) is 0.300. The molecule has 1 aromatic rings. The first kappa shape index (κ1) is 13.4. The number of nitro benzene ring substituents is 1. The van der Waals surface area contributed by atoms with Gasteiger partial charge in [-0.2, -0.15) is 0 Å². The lowest BCUT2D eigenvalue weighted by Crippen LogP contribution is -2.25. The molecule has 6 nitrogen and oxygen atoms in total. The predicted octanol–water partition coefficient (Wildman–Crippen LogP) is 1.86. The molecule has 0 heterocycles. The van der Waals surface area contributed by atoms with E-state index in [9.17, 15) is 14.9 Å². The van der Waals surface area contributed by atoms with E-state index >= 15 is 0 Å². The minimum Gasteiger partial charge on any atom is -0.491 e. The first-order chi connectivity index (χ1) is 7.91. The van der Waals surface area contributed by atoms with E-state index in [1.165, 1.54) is 18.2 Å². The maximum Gasteiger partial charge on any atom is 0.273 e. The van der Waals surface area contributed by atoms with Gasteiger partial charge in [0.25, 0.3) is 5.69 Å². The highest BCUT2D eigenvalue weighted by atomic mass is 79.9. The van der Waals surface area contributed by atoms with Gasteiger partial charge in [-0.3, -0.25) is 14.9 Å². The zero-order valence-electron chi connectivity index (χ0n) is 9.05. The number of rotatable bonds is 5. The molecule has 0 aliphatic heterocycles. The Balaban J connectivity index is 2.79. The van der Waals surface area contributed by atoms with Crippen LogP contribution in [0.4, 0.5) is 5.69 Å². The number of benzene rings is 1. The van der Waals surface area contributed by atoms with Gasteiger partial charge < -0.3 is 10.5 Å². The maximum atomic E-state index is 10.8. The highest BCUT2D eigenvalue weighted by molar-refractivity contribution is 9.10. The largest absolute Gasteiger partial charge is 0.491 e. The van der Waals surface area contributed by atoms with Crippen molar-refractivity contribution in [1.29, 1.82) is 0 Å². The first-order valence-electron chi connectivity index (χ1n) is 4.78. The van der Waals surface area contributed by atoms with Crippen LogP contribution in [-0.2, 0) is 4.79 Å². The minimum absolute atomic E-state index is 0.0741. The molecule has 0 bridgehead atoms. The summed E-state index contributed by atoms with van der Waals surface area (Å²) in [6, 6.07) is 4.16.